The first kappa shape index (κ1) is 16.6. The van der Waals surface area contributed by atoms with E-state index >= 15 is 0 Å². The molecule has 26 heavy (non-hydrogen) atoms. The van der Waals surface area contributed by atoms with Crippen LogP contribution in [0.15, 0.2) is 42.5 Å². The highest BCUT2D eigenvalue weighted by molar-refractivity contribution is 5.96. The summed E-state index contributed by atoms with van der Waals surface area (Å²) in [4.78, 5) is 26.5. The number of aryl methyl sites for hydroxylation is 1. The molecule has 3 amide bonds. The van der Waals surface area contributed by atoms with Gasteiger partial charge in [-0.1, -0.05) is 30.3 Å². The normalized spacial score (nSPS) is 16.0. The van der Waals surface area contributed by atoms with Gasteiger partial charge < -0.3 is 15.5 Å². The molecule has 5 heteroatoms. The Morgan fingerprint density at radius 1 is 1.04 bits per heavy atom. The number of hydrogen-bond donors (Lipinski definition) is 2. The fourth-order valence-electron chi connectivity index (χ4n) is 3.29. The monoisotopic (exact) mass is 349 g/mol. The van der Waals surface area contributed by atoms with Crippen LogP contribution in [-0.2, 0) is 17.8 Å². The molecule has 1 aliphatic carbocycles. The number of anilines is 2. The lowest BCUT2D eigenvalue weighted by Crippen LogP contribution is -2.39. The van der Waals surface area contributed by atoms with E-state index in [1.54, 1.807) is 0 Å². The van der Waals surface area contributed by atoms with E-state index in [1.807, 2.05) is 42.2 Å². The number of carbonyl (C=O) groups excluding carboxylic acids is 2. The van der Waals surface area contributed by atoms with E-state index in [0.29, 0.717) is 13.1 Å². The number of rotatable bonds is 3. The Balaban J connectivity index is 1.44. The smallest absolute Gasteiger partial charge is 0.322 e. The Morgan fingerprint density at radius 2 is 1.81 bits per heavy atom. The highest BCUT2D eigenvalue weighted by Crippen LogP contribution is 2.31. The van der Waals surface area contributed by atoms with Gasteiger partial charge in [0.1, 0.15) is 0 Å². The molecular weight excluding hydrogens is 326 g/mol. The fourth-order valence-corrected chi connectivity index (χ4v) is 3.29. The fraction of sp³-hybridized carbons (Fsp3) is 0.333. The van der Waals surface area contributed by atoms with Crippen LogP contribution in [0.4, 0.5) is 16.2 Å². The Hall–Kier alpha value is -2.82. The van der Waals surface area contributed by atoms with Gasteiger partial charge in [-0.25, -0.2) is 4.79 Å². The van der Waals surface area contributed by atoms with Crippen LogP contribution in [0.2, 0.25) is 0 Å². The molecule has 1 saturated carbocycles. The highest BCUT2D eigenvalue weighted by atomic mass is 16.2. The molecule has 2 aliphatic rings. The third-order valence-corrected chi connectivity index (χ3v) is 5.11. The van der Waals surface area contributed by atoms with Crippen molar-refractivity contribution < 1.29 is 9.59 Å². The van der Waals surface area contributed by atoms with Crippen LogP contribution < -0.4 is 10.6 Å². The van der Waals surface area contributed by atoms with Gasteiger partial charge >= 0.3 is 6.03 Å². The summed E-state index contributed by atoms with van der Waals surface area (Å²) in [6.45, 7) is 3.28. The van der Waals surface area contributed by atoms with E-state index in [1.165, 1.54) is 11.1 Å². The zero-order valence-electron chi connectivity index (χ0n) is 14.9. The lowest BCUT2D eigenvalue weighted by atomic mass is 10.0. The van der Waals surface area contributed by atoms with Crippen molar-refractivity contribution in [1.29, 1.82) is 0 Å². The summed E-state index contributed by atoms with van der Waals surface area (Å²) in [6.07, 6.45) is 2.81. The lowest BCUT2D eigenvalue weighted by Gasteiger charge is -2.29. The van der Waals surface area contributed by atoms with Crippen LogP contribution in [0.1, 0.15) is 29.5 Å². The molecule has 4 rings (SSSR count). The van der Waals surface area contributed by atoms with Gasteiger partial charge in [0.2, 0.25) is 5.91 Å². The van der Waals surface area contributed by atoms with Crippen molar-refractivity contribution in [2.75, 3.05) is 17.2 Å². The van der Waals surface area contributed by atoms with Gasteiger partial charge in [0, 0.05) is 30.4 Å². The van der Waals surface area contributed by atoms with Crippen molar-refractivity contribution in [3.63, 3.8) is 0 Å². The maximum Gasteiger partial charge on any atom is 0.322 e. The summed E-state index contributed by atoms with van der Waals surface area (Å²) in [5, 5.41) is 5.94. The maximum atomic E-state index is 12.7. The quantitative estimate of drug-likeness (QED) is 0.882. The van der Waals surface area contributed by atoms with Crippen LogP contribution in [-0.4, -0.2) is 23.4 Å². The summed E-state index contributed by atoms with van der Waals surface area (Å²) in [5.74, 6) is 0.224. The second-order valence-electron chi connectivity index (χ2n) is 7.16. The van der Waals surface area contributed by atoms with Gasteiger partial charge in [0.25, 0.3) is 0 Å². The average Bonchev–Trinajstić information content (AvgIpc) is 3.49. The maximum absolute atomic E-state index is 12.7. The molecule has 2 N–H and O–H groups in total. The molecule has 1 fully saturated rings. The van der Waals surface area contributed by atoms with E-state index < -0.39 is 0 Å². The van der Waals surface area contributed by atoms with Gasteiger partial charge in [-0.05, 0) is 55.0 Å². The molecule has 0 saturated heterocycles. The summed E-state index contributed by atoms with van der Waals surface area (Å²) in [5.41, 5.74) is 4.96. The van der Waals surface area contributed by atoms with E-state index in [4.69, 9.17) is 0 Å². The molecule has 0 atom stereocenters. The largest absolute Gasteiger partial charge is 0.326 e. The number of carbonyl (C=O) groups is 2. The summed E-state index contributed by atoms with van der Waals surface area (Å²) >= 11 is 0. The third-order valence-electron chi connectivity index (χ3n) is 5.11. The van der Waals surface area contributed by atoms with Gasteiger partial charge in [0.15, 0.2) is 0 Å². The van der Waals surface area contributed by atoms with Crippen LogP contribution in [0, 0.1) is 12.8 Å². The van der Waals surface area contributed by atoms with Crippen molar-refractivity contribution in [3.8, 4) is 0 Å². The van der Waals surface area contributed by atoms with E-state index in [0.717, 1.165) is 36.2 Å². The minimum absolute atomic E-state index is 0.0683. The molecule has 0 spiro atoms. The van der Waals surface area contributed by atoms with Crippen LogP contribution in [0.3, 0.4) is 0 Å². The Bertz CT molecular complexity index is 858. The summed E-state index contributed by atoms with van der Waals surface area (Å²) in [7, 11) is 0. The first-order chi connectivity index (χ1) is 12.6. The highest BCUT2D eigenvalue weighted by Gasteiger charge is 2.29. The van der Waals surface area contributed by atoms with Gasteiger partial charge in [-0.15, -0.1) is 0 Å². The molecule has 0 unspecified atom stereocenters. The Labute approximate surface area is 153 Å². The first-order valence-corrected chi connectivity index (χ1v) is 9.14. The molecular formula is C21H23N3O2. The van der Waals surface area contributed by atoms with Gasteiger partial charge in [-0.2, -0.15) is 0 Å². The van der Waals surface area contributed by atoms with Crippen molar-refractivity contribution in [1.82, 2.24) is 4.90 Å². The molecule has 0 bridgehead atoms. The molecule has 0 aromatic heterocycles. The molecule has 134 valence electrons. The van der Waals surface area contributed by atoms with Crippen molar-refractivity contribution in [3.05, 3.63) is 59.2 Å². The summed E-state index contributed by atoms with van der Waals surface area (Å²) < 4.78 is 0. The predicted molar refractivity (Wildman–Crippen MR) is 102 cm³/mol. The standard InChI is InChI=1S/C21H23N3O2/c1-14-6-9-18(22-20(25)16-7-8-16)12-19(14)23-21(26)24-11-10-15-4-2-3-5-17(15)13-24/h2-6,9,12,16H,7-8,10-11,13H2,1H3,(H,22,25)(H,23,26). The zero-order valence-corrected chi connectivity index (χ0v) is 14.9. The molecule has 1 aliphatic heterocycles. The molecule has 2 aromatic rings. The zero-order chi connectivity index (χ0) is 18.1. The molecule has 2 aromatic carbocycles. The van der Waals surface area contributed by atoms with Crippen LogP contribution in [0.5, 0.6) is 0 Å². The van der Waals surface area contributed by atoms with E-state index in [9.17, 15) is 9.59 Å². The molecule has 0 radical (unpaired) electrons. The topological polar surface area (TPSA) is 61.4 Å². The average molecular weight is 349 g/mol. The first-order valence-electron chi connectivity index (χ1n) is 9.14. The Kier molecular flexibility index (Phi) is 4.37. The van der Waals surface area contributed by atoms with Crippen molar-refractivity contribution >= 4 is 23.3 Å². The predicted octanol–water partition coefficient (Wildman–Crippen LogP) is 3.93. The van der Waals surface area contributed by atoms with Gasteiger partial charge in [0.05, 0.1) is 0 Å². The third kappa shape index (κ3) is 3.57. The lowest BCUT2D eigenvalue weighted by molar-refractivity contribution is -0.117. The van der Waals surface area contributed by atoms with Crippen molar-refractivity contribution in [2.24, 2.45) is 5.92 Å². The van der Waals surface area contributed by atoms with E-state index in [-0.39, 0.29) is 17.9 Å². The number of hydrogen-bond acceptors (Lipinski definition) is 2. The van der Waals surface area contributed by atoms with Gasteiger partial charge in [-0.3, -0.25) is 4.79 Å². The molecule has 1 heterocycles. The minimum atomic E-state index is -0.103. The summed E-state index contributed by atoms with van der Waals surface area (Å²) in [6, 6.07) is 13.8. The number of nitrogens with one attached hydrogen (secondary N) is 2. The number of nitrogens with zero attached hydrogens (tertiary/aromatic N) is 1. The molecule has 5 nitrogen and oxygen atoms in total. The van der Waals surface area contributed by atoms with Crippen LogP contribution in [0.25, 0.3) is 0 Å². The SMILES string of the molecule is Cc1ccc(NC(=O)C2CC2)cc1NC(=O)N1CCc2ccccc2C1. The minimum Gasteiger partial charge on any atom is -0.326 e. The number of fused-ring (bicyclic) bond motifs is 1. The number of benzene rings is 2. The van der Waals surface area contributed by atoms with Crippen LogP contribution >= 0.6 is 0 Å². The number of amides is 3. The van der Waals surface area contributed by atoms with E-state index in [2.05, 4.69) is 22.8 Å². The second-order valence-corrected chi connectivity index (χ2v) is 7.16. The second kappa shape index (κ2) is 6.83. The Morgan fingerprint density at radius 3 is 2.58 bits per heavy atom. The number of urea groups is 1. The van der Waals surface area contributed by atoms with Crippen molar-refractivity contribution in [2.45, 2.75) is 32.7 Å².